The molecule has 0 amide bonds. The Bertz CT molecular complexity index is 830. The molecule has 0 aliphatic heterocycles. The van der Waals surface area contributed by atoms with Gasteiger partial charge in [0, 0.05) is 11.2 Å². The molecule has 2 aliphatic carbocycles. The highest BCUT2D eigenvalue weighted by Gasteiger charge is 2.71. The van der Waals surface area contributed by atoms with E-state index in [1.807, 2.05) is 0 Å². The fraction of sp³-hybridized carbons (Fsp3) is 0.706. The van der Waals surface area contributed by atoms with Crippen LogP contribution in [0.1, 0.15) is 32.7 Å². The van der Waals surface area contributed by atoms with Crippen LogP contribution in [0.2, 0.25) is 0 Å². The number of hydrogen-bond donors (Lipinski definition) is 4. The molecule has 2 heterocycles. The van der Waals surface area contributed by atoms with E-state index in [0.717, 1.165) is 12.2 Å². The molecule has 4 rings (SSSR count). The molecule has 0 saturated heterocycles. The predicted octanol–water partition coefficient (Wildman–Crippen LogP) is 0.822. The number of nitrogens with two attached hydrogens (primary N) is 1. The van der Waals surface area contributed by atoms with Crippen molar-refractivity contribution in [2.24, 2.45) is 17.3 Å². The maximum absolute atomic E-state index is 10.5. The summed E-state index contributed by atoms with van der Waals surface area (Å²) < 4.78 is 1.80. The lowest BCUT2D eigenvalue weighted by Gasteiger charge is -2.23. The largest absolute Gasteiger partial charge is 0.396 e. The Balaban J connectivity index is 1.69. The van der Waals surface area contributed by atoms with Gasteiger partial charge in [0.1, 0.15) is 11.6 Å². The van der Waals surface area contributed by atoms with Gasteiger partial charge < -0.3 is 25.6 Å². The number of nitrogens with zero attached hydrogens (tertiary/aromatic N) is 4. The summed E-state index contributed by atoms with van der Waals surface area (Å²) in [6.45, 7) is 4.19. The molecule has 142 valence electrons. The smallest absolute Gasteiger partial charge is 0.191 e. The minimum atomic E-state index is -0.967. The Morgan fingerprint density at radius 2 is 2.19 bits per heavy atom. The van der Waals surface area contributed by atoms with Crippen LogP contribution in [-0.4, -0.2) is 59.4 Å². The average Bonchev–Trinajstić information content (AvgIpc) is 3.15. The Labute approximate surface area is 155 Å². The third-order valence-electron chi connectivity index (χ3n) is 6.09. The molecule has 2 aliphatic rings. The van der Waals surface area contributed by atoms with Gasteiger partial charge >= 0.3 is 0 Å². The summed E-state index contributed by atoms with van der Waals surface area (Å²) in [4.78, 5) is 13.3. The molecule has 6 atom stereocenters. The highest BCUT2D eigenvalue weighted by molar-refractivity contribution is 7.99. The van der Waals surface area contributed by atoms with Gasteiger partial charge in [-0.2, -0.15) is 0 Å². The van der Waals surface area contributed by atoms with E-state index < -0.39 is 17.6 Å². The normalized spacial score (nSPS) is 34.2. The summed E-state index contributed by atoms with van der Waals surface area (Å²) in [5.41, 5.74) is 6.54. The molecule has 26 heavy (non-hydrogen) atoms. The van der Waals surface area contributed by atoms with Crippen molar-refractivity contribution in [2.45, 2.75) is 50.1 Å². The first kappa shape index (κ1) is 18.0. The maximum Gasteiger partial charge on any atom is 0.191 e. The molecule has 2 fully saturated rings. The molecule has 0 bridgehead atoms. The topological polar surface area (TPSA) is 130 Å². The van der Waals surface area contributed by atoms with Gasteiger partial charge in [0.2, 0.25) is 0 Å². The highest BCUT2D eigenvalue weighted by Crippen LogP contribution is 2.67. The van der Waals surface area contributed by atoms with Gasteiger partial charge in [0.15, 0.2) is 16.6 Å². The number of anilines is 1. The Morgan fingerprint density at radius 1 is 1.42 bits per heavy atom. The number of thioether (sulfide) groups is 1. The monoisotopic (exact) mass is 379 g/mol. The second kappa shape index (κ2) is 6.33. The third-order valence-corrected chi connectivity index (χ3v) is 7.27. The Hall–Kier alpha value is -1.42. The van der Waals surface area contributed by atoms with Crippen molar-refractivity contribution >= 4 is 28.7 Å². The fourth-order valence-electron chi connectivity index (χ4n) is 4.09. The number of imidazole rings is 1. The predicted molar refractivity (Wildman–Crippen MR) is 98.6 cm³/mol. The second-order valence-corrected chi connectivity index (χ2v) is 8.65. The van der Waals surface area contributed by atoms with Crippen LogP contribution in [0.25, 0.3) is 11.2 Å². The van der Waals surface area contributed by atoms with Gasteiger partial charge in [-0.05, 0) is 18.3 Å². The molecule has 8 nitrogen and oxygen atoms in total. The van der Waals surface area contributed by atoms with Crippen LogP contribution in [0.3, 0.4) is 0 Å². The fourth-order valence-corrected chi connectivity index (χ4v) is 5.07. The zero-order chi connectivity index (χ0) is 18.6. The summed E-state index contributed by atoms with van der Waals surface area (Å²) in [5.74, 6) is 1.77. The van der Waals surface area contributed by atoms with Gasteiger partial charge in [-0.25, -0.2) is 15.0 Å². The van der Waals surface area contributed by atoms with Crippen LogP contribution in [0, 0.1) is 17.3 Å². The van der Waals surface area contributed by atoms with Crippen LogP contribution >= 0.6 is 11.8 Å². The van der Waals surface area contributed by atoms with Crippen LogP contribution in [0.15, 0.2) is 11.5 Å². The summed E-state index contributed by atoms with van der Waals surface area (Å²) in [5, 5.41) is 31.2. The number of hydrogen-bond acceptors (Lipinski definition) is 8. The molecule has 2 aromatic heterocycles. The lowest BCUT2D eigenvalue weighted by Crippen LogP contribution is -2.35. The minimum Gasteiger partial charge on any atom is -0.396 e. The number of aromatic nitrogens is 4. The van der Waals surface area contributed by atoms with E-state index >= 15 is 0 Å². The first-order valence-electron chi connectivity index (χ1n) is 9.02. The summed E-state index contributed by atoms with van der Waals surface area (Å²) in [6, 6.07) is -0.371. The molecule has 0 aromatic carbocycles. The molecule has 0 radical (unpaired) electrons. The van der Waals surface area contributed by atoms with E-state index in [9.17, 15) is 15.3 Å². The molecule has 9 heteroatoms. The minimum absolute atomic E-state index is 0.00214. The van der Waals surface area contributed by atoms with Gasteiger partial charge in [-0.3, -0.25) is 0 Å². The van der Waals surface area contributed by atoms with Gasteiger partial charge in [0.05, 0.1) is 25.1 Å². The van der Waals surface area contributed by atoms with E-state index in [1.165, 1.54) is 0 Å². The third kappa shape index (κ3) is 2.52. The van der Waals surface area contributed by atoms with E-state index in [1.54, 1.807) is 22.7 Å². The quantitative estimate of drug-likeness (QED) is 0.429. The van der Waals surface area contributed by atoms with E-state index in [4.69, 9.17) is 5.73 Å². The van der Waals surface area contributed by atoms with Gasteiger partial charge in [-0.15, -0.1) is 0 Å². The summed E-state index contributed by atoms with van der Waals surface area (Å²) in [6.07, 6.45) is 1.46. The van der Waals surface area contributed by atoms with Crippen molar-refractivity contribution in [3.05, 3.63) is 6.33 Å². The first-order chi connectivity index (χ1) is 12.4. The second-order valence-electron chi connectivity index (χ2n) is 7.67. The SMILES string of the molecule is CC[C@H](C)CSc1nc(N)c2ncn([C@H]3C(O)C(O)[C@]4(CO)C[C@H]34)c2n1. The zero-order valence-electron chi connectivity index (χ0n) is 14.9. The first-order valence-corrected chi connectivity index (χ1v) is 10.0. The number of fused-ring (bicyclic) bond motifs is 2. The molecular weight excluding hydrogens is 354 g/mol. The van der Waals surface area contributed by atoms with Crippen molar-refractivity contribution in [3.63, 3.8) is 0 Å². The number of nitrogen functional groups attached to an aromatic ring is 1. The molecular formula is C17H25N5O3S. The molecule has 0 spiro atoms. The summed E-state index contributed by atoms with van der Waals surface area (Å²) in [7, 11) is 0. The number of aliphatic hydroxyl groups excluding tert-OH is 3. The van der Waals surface area contributed by atoms with Gasteiger partial charge in [0.25, 0.3) is 0 Å². The van der Waals surface area contributed by atoms with Crippen molar-refractivity contribution in [2.75, 3.05) is 18.1 Å². The average molecular weight is 379 g/mol. The van der Waals surface area contributed by atoms with Gasteiger partial charge in [-0.1, -0.05) is 32.0 Å². The van der Waals surface area contributed by atoms with Crippen molar-refractivity contribution in [3.8, 4) is 0 Å². The number of rotatable bonds is 6. The van der Waals surface area contributed by atoms with Crippen LogP contribution < -0.4 is 5.73 Å². The maximum atomic E-state index is 10.5. The molecule has 2 aromatic rings. The van der Waals surface area contributed by atoms with Crippen LogP contribution in [0.5, 0.6) is 0 Å². The molecule has 2 saturated carbocycles. The van der Waals surface area contributed by atoms with E-state index in [2.05, 4.69) is 28.8 Å². The van der Waals surface area contributed by atoms with Crippen LogP contribution in [0.4, 0.5) is 5.82 Å². The van der Waals surface area contributed by atoms with Crippen molar-refractivity contribution in [1.82, 2.24) is 19.5 Å². The number of aliphatic hydroxyl groups is 3. The van der Waals surface area contributed by atoms with Crippen molar-refractivity contribution in [1.29, 1.82) is 0 Å². The Kier molecular flexibility index (Phi) is 4.37. The lowest BCUT2D eigenvalue weighted by atomic mass is 10.0. The molecule has 5 N–H and O–H groups in total. The zero-order valence-corrected chi connectivity index (χ0v) is 15.7. The van der Waals surface area contributed by atoms with E-state index in [0.29, 0.717) is 34.5 Å². The van der Waals surface area contributed by atoms with Crippen LogP contribution in [-0.2, 0) is 0 Å². The Morgan fingerprint density at radius 3 is 2.85 bits per heavy atom. The lowest BCUT2D eigenvalue weighted by molar-refractivity contribution is -0.0300. The molecule has 2 unspecified atom stereocenters. The highest BCUT2D eigenvalue weighted by atomic mass is 32.2. The summed E-state index contributed by atoms with van der Waals surface area (Å²) >= 11 is 1.56. The standard InChI is InChI=1S/C17H25N5O3S/c1-3-8(2)5-26-16-20-14(18)10-15(21-16)22(7-19-10)11-9-4-17(9,6-23)13(25)12(11)24/h7-9,11-13,23-25H,3-6H2,1-2H3,(H2,18,20,21)/t8-,9+,11+,12?,13?,17-/m0/s1. The van der Waals surface area contributed by atoms with Crippen molar-refractivity contribution < 1.29 is 15.3 Å². The van der Waals surface area contributed by atoms with E-state index in [-0.39, 0.29) is 18.6 Å².